The summed E-state index contributed by atoms with van der Waals surface area (Å²) in [6.45, 7) is 2.95. The van der Waals surface area contributed by atoms with Gasteiger partial charge in [0.15, 0.2) is 5.01 Å². The molecule has 1 aromatic heterocycles. The molecule has 1 unspecified atom stereocenters. The zero-order valence-electron chi connectivity index (χ0n) is 9.78. The van der Waals surface area contributed by atoms with E-state index in [2.05, 4.69) is 9.35 Å². The van der Waals surface area contributed by atoms with Crippen molar-refractivity contribution in [1.29, 1.82) is 5.26 Å². The molecular weight excluding hydrogens is 287 g/mol. The Bertz CT molecular complexity index is 603. The van der Waals surface area contributed by atoms with E-state index in [0.29, 0.717) is 11.3 Å². The van der Waals surface area contributed by atoms with E-state index in [1.54, 1.807) is 0 Å². The predicted molar refractivity (Wildman–Crippen MR) is 62.2 cm³/mol. The van der Waals surface area contributed by atoms with E-state index in [1.165, 1.54) is 26.3 Å². The third-order valence-corrected chi connectivity index (χ3v) is 6.54. The van der Waals surface area contributed by atoms with Crippen LogP contribution in [0.2, 0.25) is 0 Å². The van der Waals surface area contributed by atoms with Crippen molar-refractivity contribution in [3.8, 4) is 6.19 Å². The molecule has 1 rings (SSSR count). The molecule has 1 atom stereocenters. The Morgan fingerprint density at radius 1 is 1.50 bits per heavy atom. The van der Waals surface area contributed by atoms with Crippen LogP contribution in [0.5, 0.6) is 0 Å². The van der Waals surface area contributed by atoms with Gasteiger partial charge in [-0.3, -0.25) is 0 Å². The van der Waals surface area contributed by atoms with Crippen molar-refractivity contribution in [2.45, 2.75) is 24.8 Å². The van der Waals surface area contributed by atoms with Crippen LogP contribution in [0.15, 0.2) is 10.6 Å². The molecule has 0 aliphatic carbocycles. The first-order valence-corrected chi connectivity index (χ1v) is 7.39. The summed E-state index contributed by atoms with van der Waals surface area (Å²) >= 11 is 0.415. The van der Waals surface area contributed by atoms with Crippen LogP contribution in [0.1, 0.15) is 23.7 Å². The van der Waals surface area contributed by atoms with Gasteiger partial charge in [-0.05, 0) is 13.8 Å². The maximum Gasteiger partial charge on any atom is 0.443 e. The highest BCUT2D eigenvalue weighted by molar-refractivity contribution is 7.94. The van der Waals surface area contributed by atoms with Crippen molar-refractivity contribution in [2.75, 3.05) is 6.26 Å². The van der Waals surface area contributed by atoms with E-state index in [1.807, 2.05) is 0 Å². The lowest BCUT2D eigenvalue weighted by Crippen LogP contribution is -2.26. The lowest BCUT2D eigenvalue weighted by atomic mass is 10.2. The first kappa shape index (κ1) is 14.9. The largest absolute Gasteiger partial charge is 0.443 e. The molecule has 0 bridgehead atoms. The van der Waals surface area contributed by atoms with Gasteiger partial charge in [0.05, 0.1) is 14.5 Å². The summed E-state index contributed by atoms with van der Waals surface area (Å²) in [6.07, 6.45) is -0.825. The number of rotatable bonds is 2. The average molecular weight is 297 g/mol. The van der Waals surface area contributed by atoms with Crippen molar-refractivity contribution < 1.29 is 17.4 Å². The van der Waals surface area contributed by atoms with Crippen LogP contribution < -0.4 is 0 Å². The molecule has 18 heavy (non-hydrogen) atoms. The highest BCUT2D eigenvalue weighted by Gasteiger charge is 2.39. The normalized spacial score (nSPS) is 15.8. The van der Waals surface area contributed by atoms with E-state index in [4.69, 9.17) is 5.26 Å². The van der Waals surface area contributed by atoms with Crippen LogP contribution in [0.25, 0.3) is 0 Å². The van der Waals surface area contributed by atoms with E-state index in [9.17, 15) is 17.4 Å². The number of nitriles is 1. The summed E-state index contributed by atoms with van der Waals surface area (Å²) in [4.78, 5) is 3.45. The van der Waals surface area contributed by atoms with Gasteiger partial charge in [-0.2, -0.15) is 18.4 Å². The number of alkyl halides is 3. The highest BCUT2D eigenvalue weighted by atomic mass is 32.2. The van der Waals surface area contributed by atoms with Crippen molar-refractivity contribution in [3.05, 3.63) is 16.1 Å². The van der Waals surface area contributed by atoms with E-state index < -0.39 is 25.7 Å². The monoisotopic (exact) mass is 297 g/mol. The van der Waals surface area contributed by atoms with Gasteiger partial charge in [-0.15, -0.1) is 15.7 Å². The summed E-state index contributed by atoms with van der Waals surface area (Å²) in [6, 6.07) is 0. The van der Waals surface area contributed by atoms with Gasteiger partial charge in [0, 0.05) is 17.3 Å². The standard InChI is InChI=1S/C9H10F3N3OS2/c1-8(2,18(3,16)15-5-13)6-4-14-7(17-6)9(10,11)12/h4H,1-3H3. The third-order valence-electron chi connectivity index (χ3n) is 2.50. The van der Waals surface area contributed by atoms with Gasteiger partial charge in [-0.25, -0.2) is 9.19 Å². The zero-order chi connectivity index (χ0) is 14.2. The van der Waals surface area contributed by atoms with Gasteiger partial charge < -0.3 is 0 Å². The molecule has 0 amide bonds. The lowest BCUT2D eigenvalue weighted by Gasteiger charge is -2.23. The molecule has 0 fully saturated rings. The quantitative estimate of drug-likeness (QED) is 0.788. The van der Waals surface area contributed by atoms with Gasteiger partial charge in [-0.1, -0.05) is 0 Å². The van der Waals surface area contributed by atoms with Crippen LogP contribution >= 0.6 is 11.3 Å². The molecule has 0 saturated carbocycles. The molecule has 0 aromatic carbocycles. The summed E-state index contributed by atoms with van der Waals surface area (Å²) in [7, 11) is -2.98. The molecule has 0 aliphatic heterocycles. The Balaban J connectivity index is 3.32. The summed E-state index contributed by atoms with van der Waals surface area (Å²) in [5, 5.41) is 7.46. The van der Waals surface area contributed by atoms with Gasteiger partial charge >= 0.3 is 6.18 Å². The Kier molecular flexibility index (Phi) is 3.74. The number of halogens is 3. The maximum absolute atomic E-state index is 12.4. The van der Waals surface area contributed by atoms with E-state index in [0.717, 1.165) is 6.20 Å². The van der Waals surface area contributed by atoms with Crippen molar-refractivity contribution in [2.24, 2.45) is 4.36 Å². The Labute approximate surface area is 107 Å². The molecule has 0 saturated heterocycles. The fourth-order valence-corrected chi connectivity index (χ4v) is 3.24. The molecule has 0 spiro atoms. The number of hydrogen-bond donors (Lipinski definition) is 0. The SMILES string of the molecule is CC(C)(c1cnc(C(F)(F)F)s1)S(C)(=O)=NC#N. The zero-order valence-corrected chi connectivity index (χ0v) is 11.4. The van der Waals surface area contributed by atoms with Crippen LogP contribution in [0.4, 0.5) is 13.2 Å². The van der Waals surface area contributed by atoms with Crippen molar-refractivity contribution >= 4 is 21.1 Å². The molecule has 0 N–H and O–H groups in total. The number of aromatic nitrogens is 1. The first-order valence-electron chi connectivity index (χ1n) is 4.65. The number of nitrogens with zero attached hydrogens (tertiary/aromatic N) is 3. The van der Waals surface area contributed by atoms with E-state index >= 15 is 0 Å². The number of thiazole rings is 1. The van der Waals surface area contributed by atoms with Gasteiger partial charge in [0.1, 0.15) is 0 Å². The second-order valence-corrected chi connectivity index (χ2v) is 7.87. The van der Waals surface area contributed by atoms with E-state index in [-0.39, 0.29) is 4.88 Å². The summed E-state index contributed by atoms with van der Waals surface area (Å²) in [5.74, 6) is 0. The molecule has 0 aliphatic rings. The van der Waals surface area contributed by atoms with Crippen LogP contribution in [0, 0.1) is 11.5 Å². The van der Waals surface area contributed by atoms with Crippen molar-refractivity contribution in [1.82, 2.24) is 4.98 Å². The molecule has 0 radical (unpaired) electrons. The Morgan fingerprint density at radius 2 is 2.06 bits per heavy atom. The molecule has 4 nitrogen and oxygen atoms in total. The maximum atomic E-state index is 12.4. The smallest absolute Gasteiger partial charge is 0.248 e. The van der Waals surface area contributed by atoms with Crippen LogP contribution in [0.3, 0.4) is 0 Å². The molecule has 9 heteroatoms. The second kappa shape index (κ2) is 4.51. The van der Waals surface area contributed by atoms with Gasteiger partial charge in [0.2, 0.25) is 6.19 Å². The molecule has 1 aromatic rings. The minimum atomic E-state index is -4.53. The molecule has 1 heterocycles. The Morgan fingerprint density at radius 3 is 2.44 bits per heavy atom. The number of hydrogen-bond acceptors (Lipinski definition) is 5. The summed E-state index contributed by atoms with van der Waals surface area (Å²) in [5.41, 5.74) is 0. The molecule has 100 valence electrons. The molecular formula is C9H10F3N3OS2. The third kappa shape index (κ3) is 2.64. The fraction of sp³-hybridized carbons (Fsp3) is 0.556. The fourth-order valence-electron chi connectivity index (χ4n) is 1.06. The first-order chi connectivity index (χ1) is 8.02. The van der Waals surface area contributed by atoms with Gasteiger partial charge in [0.25, 0.3) is 0 Å². The second-order valence-electron chi connectivity index (χ2n) is 4.03. The van der Waals surface area contributed by atoms with Crippen molar-refractivity contribution in [3.63, 3.8) is 0 Å². The lowest BCUT2D eigenvalue weighted by molar-refractivity contribution is -0.137. The minimum Gasteiger partial charge on any atom is -0.248 e. The Hall–Kier alpha value is -1.14. The highest BCUT2D eigenvalue weighted by Crippen LogP contribution is 2.39. The average Bonchev–Trinajstić information content (AvgIpc) is 2.65. The topological polar surface area (TPSA) is 66.1 Å². The predicted octanol–water partition coefficient (Wildman–Crippen LogP) is 2.98. The summed E-state index contributed by atoms with van der Waals surface area (Å²) < 4.78 is 51.6. The van der Waals surface area contributed by atoms with Crippen LogP contribution in [-0.2, 0) is 20.7 Å². The van der Waals surface area contributed by atoms with Crippen LogP contribution in [-0.4, -0.2) is 15.4 Å². The minimum absolute atomic E-state index is 0.182.